The Labute approximate surface area is 184 Å². The van der Waals surface area contributed by atoms with E-state index in [9.17, 15) is 18.3 Å². The van der Waals surface area contributed by atoms with Gasteiger partial charge in [-0.15, -0.1) is 0 Å². The van der Waals surface area contributed by atoms with E-state index in [1.165, 1.54) is 0 Å². The average Bonchev–Trinajstić information content (AvgIpc) is 3.15. The lowest BCUT2D eigenvalue weighted by Gasteiger charge is -2.20. The van der Waals surface area contributed by atoms with Crippen molar-refractivity contribution in [2.45, 2.75) is 44.8 Å². The summed E-state index contributed by atoms with van der Waals surface area (Å²) in [4.78, 5) is 9.19. The molecule has 6 nitrogen and oxygen atoms in total. The van der Waals surface area contributed by atoms with E-state index >= 15 is 0 Å². The monoisotopic (exact) mass is 453 g/mol. The molecule has 0 spiro atoms. The molecule has 4 N–H and O–H groups in total. The number of nitrogens with one attached hydrogen (secondary N) is 3. The molecule has 1 aromatic heterocycles. The number of halogens is 3. The minimum atomic E-state index is -4.26. The Bertz CT molecular complexity index is 895. The smallest absolute Gasteiger partial charge is 0.390 e. The Morgan fingerprint density at radius 1 is 1.19 bits per heavy atom. The van der Waals surface area contributed by atoms with Crippen molar-refractivity contribution in [1.29, 1.82) is 0 Å². The molecule has 1 aromatic carbocycles. The largest absolute Gasteiger partial charge is 0.396 e. The number of hydrogen-bond donors (Lipinski definition) is 4. The maximum atomic E-state index is 12.5. The Kier molecular flexibility index (Phi) is 7.66. The predicted molar refractivity (Wildman–Crippen MR) is 120 cm³/mol. The van der Waals surface area contributed by atoms with Gasteiger partial charge in [-0.3, -0.25) is 0 Å². The second kappa shape index (κ2) is 10.2. The number of para-hydroxylation sites is 1. The fraction of sp³-hybridized carbons (Fsp3) is 0.476. The van der Waals surface area contributed by atoms with Crippen LogP contribution in [0.25, 0.3) is 0 Å². The minimum Gasteiger partial charge on any atom is -0.396 e. The lowest BCUT2D eigenvalue weighted by molar-refractivity contribution is -0.131. The van der Waals surface area contributed by atoms with Crippen molar-refractivity contribution in [3.63, 3.8) is 0 Å². The second-order valence-corrected chi connectivity index (χ2v) is 8.08. The van der Waals surface area contributed by atoms with Gasteiger partial charge < -0.3 is 21.1 Å². The summed E-state index contributed by atoms with van der Waals surface area (Å²) in [5, 5.41) is 18.6. The van der Waals surface area contributed by atoms with Gasteiger partial charge in [0.05, 0.1) is 17.7 Å². The van der Waals surface area contributed by atoms with Crippen molar-refractivity contribution in [3.05, 3.63) is 41.6 Å². The highest BCUT2D eigenvalue weighted by atomic mass is 32.1. The van der Waals surface area contributed by atoms with Crippen LogP contribution in [-0.2, 0) is 0 Å². The summed E-state index contributed by atoms with van der Waals surface area (Å²) < 4.78 is 37.5. The number of nitrogens with zero attached hydrogens (tertiary/aromatic N) is 2. The number of benzene rings is 1. The third kappa shape index (κ3) is 6.76. The van der Waals surface area contributed by atoms with Crippen molar-refractivity contribution >= 4 is 34.7 Å². The summed E-state index contributed by atoms with van der Waals surface area (Å²) >= 11 is 5.60. The van der Waals surface area contributed by atoms with Crippen LogP contribution in [0.5, 0.6) is 0 Å². The molecule has 0 radical (unpaired) electrons. The van der Waals surface area contributed by atoms with Gasteiger partial charge in [0, 0.05) is 24.9 Å². The minimum absolute atomic E-state index is 0.0905. The van der Waals surface area contributed by atoms with E-state index in [2.05, 4.69) is 25.9 Å². The average molecular weight is 454 g/mol. The van der Waals surface area contributed by atoms with Gasteiger partial charge in [-0.25, -0.2) is 4.98 Å². The molecule has 168 valence electrons. The van der Waals surface area contributed by atoms with Gasteiger partial charge >= 0.3 is 6.18 Å². The molecule has 2 aromatic rings. The van der Waals surface area contributed by atoms with Gasteiger partial charge in [-0.2, -0.15) is 18.2 Å². The van der Waals surface area contributed by atoms with Crippen molar-refractivity contribution in [2.24, 2.45) is 5.92 Å². The van der Waals surface area contributed by atoms with Crippen LogP contribution >= 0.6 is 12.2 Å². The number of thiocarbonyl (C=S) groups is 1. The molecule has 0 bridgehead atoms. The molecule has 1 fully saturated rings. The van der Waals surface area contributed by atoms with Crippen molar-refractivity contribution in [1.82, 2.24) is 9.97 Å². The van der Waals surface area contributed by atoms with Crippen LogP contribution in [0, 0.1) is 12.8 Å². The van der Waals surface area contributed by atoms with E-state index in [0.29, 0.717) is 22.1 Å². The molecule has 1 aliphatic carbocycles. The summed E-state index contributed by atoms with van der Waals surface area (Å²) in [6.45, 7) is 1.57. The maximum Gasteiger partial charge on any atom is 0.390 e. The Balaban J connectivity index is 1.83. The van der Waals surface area contributed by atoms with Gasteiger partial charge in [0.1, 0.15) is 10.8 Å². The van der Waals surface area contributed by atoms with Crippen LogP contribution < -0.4 is 16.0 Å². The fourth-order valence-corrected chi connectivity index (χ4v) is 3.99. The standard InChI is InChI=1S/C21H26F3N5OS/c1-13-17(19(31)28-15-5-3-2-4-6-15)18(27-16-8-7-14(11-16)12-30)29-20(26-13)25-10-9-21(22,23)24/h2-6,14,16,30H,7-12H2,1H3,(H,28,31)(H2,25,26,27,29)/t14-,16+/m1/s1. The zero-order valence-electron chi connectivity index (χ0n) is 17.2. The molecule has 2 atom stereocenters. The van der Waals surface area contributed by atoms with Crippen LogP contribution in [0.4, 0.5) is 30.6 Å². The van der Waals surface area contributed by atoms with E-state index < -0.39 is 12.6 Å². The highest BCUT2D eigenvalue weighted by molar-refractivity contribution is 7.81. The van der Waals surface area contributed by atoms with Gasteiger partial charge in [0.25, 0.3) is 0 Å². The van der Waals surface area contributed by atoms with Gasteiger partial charge in [0.15, 0.2) is 0 Å². The van der Waals surface area contributed by atoms with Gasteiger partial charge in [0.2, 0.25) is 5.95 Å². The Hall–Kier alpha value is -2.46. The zero-order chi connectivity index (χ0) is 22.4. The quantitative estimate of drug-likeness (QED) is 0.438. The van der Waals surface area contributed by atoms with Gasteiger partial charge in [-0.1, -0.05) is 30.4 Å². The molecule has 0 unspecified atom stereocenters. The van der Waals surface area contributed by atoms with E-state index in [1.54, 1.807) is 6.92 Å². The zero-order valence-corrected chi connectivity index (χ0v) is 18.0. The summed E-state index contributed by atoms with van der Waals surface area (Å²) in [5.74, 6) is 0.814. The molecule has 1 aliphatic rings. The topological polar surface area (TPSA) is 82.1 Å². The first-order chi connectivity index (χ1) is 14.7. The van der Waals surface area contributed by atoms with Crippen molar-refractivity contribution in [3.8, 4) is 0 Å². The lowest BCUT2D eigenvalue weighted by atomic mass is 10.1. The van der Waals surface area contributed by atoms with Crippen molar-refractivity contribution < 1.29 is 18.3 Å². The van der Waals surface area contributed by atoms with Crippen LogP contribution in [0.2, 0.25) is 0 Å². The normalized spacial score (nSPS) is 18.6. The SMILES string of the molecule is Cc1nc(NCCC(F)(F)F)nc(N[C@H]2CC[C@@H](CO)C2)c1C(=S)Nc1ccccc1. The third-order valence-electron chi connectivity index (χ3n) is 5.18. The first-order valence-corrected chi connectivity index (χ1v) is 10.6. The molecular weight excluding hydrogens is 427 g/mol. The predicted octanol–water partition coefficient (Wildman–Crippen LogP) is 4.51. The first-order valence-electron chi connectivity index (χ1n) is 10.2. The lowest BCUT2D eigenvalue weighted by Crippen LogP contribution is -2.24. The highest BCUT2D eigenvalue weighted by Gasteiger charge is 2.28. The fourth-order valence-electron chi connectivity index (χ4n) is 3.62. The first kappa shape index (κ1) is 23.2. The number of anilines is 3. The van der Waals surface area contributed by atoms with E-state index in [0.717, 1.165) is 24.9 Å². The summed E-state index contributed by atoms with van der Waals surface area (Å²) in [6.07, 6.45) is -2.68. The van der Waals surface area contributed by atoms with Crippen LogP contribution in [0.1, 0.15) is 36.9 Å². The van der Waals surface area contributed by atoms with E-state index in [4.69, 9.17) is 12.2 Å². The number of aliphatic hydroxyl groups excluding tert-OH is 1. The highest BCUT2D eigenvalue weighted by Crippen LogP contribution is 2.30. The van der Waals surface area contributed by atoms with E-state index in [-0.39, 0.29) is 31.1 Å². The molecule has 1 saturated carbocycles. The number of aryl methyl sites for hydroxylation is 1. The number of alkyl halides is 3. The number of rotatable bonds is 8. The van der Waals surface area contributed by atoms with Crippen LogP contribution in [0.15, 0.2) is 30.3 Å². The van der Waals surface area contributed by atoms with Gasteiger partial charge in [-0.05, 0) is 44.2 Å². The molecular formula is C21H26F3N5OS. The third-order valence-corrected chi connectivity index (χ3v) is 5.49. The van der Waals surface area contributed by atoms with Crippen LogP contribution in [-0.4, -0.2) is 45.4 Å². The molecule has 0 amide bonds. The number of aliphatic hydroxyl groups is 1. The van der Waals surface area contributed by atoms with Crippen LogP contribution in [0.3, 0.4) is 0 Å². The molecule has 0 aliphatic heterocycles. The molecule has 1 heterocycles. The molecule has 31 heavy (non-hydrogen) atoms. The summed E-state index contributed by atoms with van der Waals surface area (Å²) in [6, 6.07) is 9.52. The Morgan fingerprint density at radius 2 is 1.94 bits per heavy atom. The Morgan fingerprint density at radius 3 is 2.58 bits per heavy atom. The number of aromatic nitrogens is 2. The summed E-state index contributed by atoms with van der Waals surface area (Å²) in [7, 11) is 0. The van der Waals surface area contributed by atoms with E-state index in [1.807, 2.05) is 30.3 Å². The van der Waals surface area contributed by atoms with Crippen molar-refractivity contribution in [2.75, 3.05) is 29.1 Å². The summed E-state index contributed by atoms with van der Waals surface area (Å²) in [5.41, 5.74) is 1.97. The molecule has 0 saturated heterocycles. The second-order valence-electron chi connectivity index (χ2n) is 7.67. The maximum absolute atomic E-state index is 12.5. The molecule has 10 heteroatoms. The molecule has 3 rings (SSSR count). The number of hydrogen-bond acceptors (Lipinski definition) is 6.